The third kappa shape index (κ3) is 5.47. The third-order valence-corrected chi connectivity index (χ3v) is 7.51. The number of hydrogen-bond acceptors (Lipinski definition) is 4. The molecule has 2 aromatic carbocycles. The van der Waals surface area contributed by atoms with Crippen molar-refractivity contribution in [2.24, 2.45) is 5.92 Å². The number of sulfonamides is 1. The summed E-state index contributed by atoms with van der Waals surface area (Å²) >= 11 is 6.32. The lowest BCUT2D eigenvalue weighted by Gasteiger charge is -2.28. The van der Waals surface area contributed by atoms with Crippen molar-refractivity contribution in [3.05, 3.63) is 64.2 Å². The summed E-state index contributed by atoms with van der Waals surface area (Å²) in [5.74, 6) is -0.0447. The number of fused-ring (bicyclic) bond motifs is 1. The van der Waals surface area contributed by atoms with Crippen LogP contribution in [0.1, 0.15) is 35.3 Å². The molecule has 0 fully saturated rings. The van der Waals surface area contributed by atoms with Crippen LogP contribution < -0.4 is 0 Å². The minimum absolute atomic E-state index is 0.0795. The second-order valence-electron chi connectivity index (χ2n) is 8.14. The zero-order valence-corrected chi connectivity index (χ0v) is 19.7. The fourth-order valence-electron chi connectivity index (χ4n) is 3.74. The maximum absolute atomic E-state index is 13.3. The van der Waals surface area contributed by atoms with Crippen molar-refractivity contribution >= 4 is 27.5 Å². The van der Waals surface area contributed by atoms with E-state index in [0.29, 0.717) is 39.2 Å². The van der Waals surface area contributed by atoms with Crippen molar-refractivity contribution in [1.82, 2.24) is 9.21 Å². The molecule has 31 heavy (non-hydrogen) atoms. The molecule has 0 spiro atoms. The van der Waals surface area contributed by atoms with Crippen molar-refractivity contribution in [3.63, 3.8) is 0 Å². The molecule has 0 aliphatic carbocycles. The molecule has 1 heterocycles. The van der Waals surface area contributed by atoms with Crippen LogP contribution in [0.2, 0.25) is 5.02 Å². The number of benzene rings is 2. The Morgan fingerprint density at radius 2 is 1.90 bits per heavy atom. The van der Waals surface area contributed by atoms with Crippen molar-refractivity contribution in [1.29, 1.82) is 0 Å². The highest BCUT2D eigenvalue weighted by Crippen LogP contribution is 2.28. The molecule has 0 saturated heterocycles. The molecular formula is C23H29ClN2O4S. The van der Waals surface area contributed by atoms with Crippen LogP contribution in [0.15, 0.2) is 47.4 Å². The summed E-state index contributed by atoms with van der Waals surface area (Å²) in [6.45, 7) is 6.08. The van der Waals surface area contributed by atoms with E-state index in [1.807, 2.05) is 38.1 Å². The van der Waals surface area contributed by atoms with Gasteiger partial charge in [0.1, 0.15) is 0 Å². The van der Waals surface area contributed by atoms with Gasteiger partial charge in [-0.2, -0.15) is 4.31 Å². The summed E-state index contributed by atoms with van der Waals surface area (Å²) in [6.07, 6.45) is 0.661. The molecule has 0 unspecified atom stereocenters. The standard InChI is InChI=1S/C23H29ClN2O4S/c1-17(2)15-25(12-13-30-3)23(27)21-14-20(8-9-22(21)24)31(28,29)26-11-10-18-6-4-5-7-19(18)16-26/h4-9,14,17H,10-13,15-16H2,1-3H3. The van der Waals surface area contributed by atoms with E-state index < -0.39 is 10.0 Å². The fraction of sp³-hybridized carbons (Fsp3) is 0.435. The average Bonchev–Trinajstić information content (AvgIpc) is 2.75. The minimum atomic E-state index is -3.76. The van der Waals surface area contributed by atoms with Crippen LogP contribution in [0.4, 0.5) is 0 Å². The second-order valence-corrected chi connectivity index (χ2v) is 10.5. The third-order valence-electron chi connectivity index (χ3n) is 5.34. The Balaban J connectivity index is 1.90. The van der Waals surface area contributed by atoms with Crippen LogP contribution in [-0.4, -0.2) is 56.9 Å². The number of hydrogen-bond donors (Lipinski definition) is 0. The van der Waals surface area contributed by atoms with Crippen LogP contribution in [0, 0.1) is 5.92 Å². The van der Waals surface area contributed by atoms with Gasteiger partial charge in [0.05, 0.1) is 22.1 Å². The van der Waals surface area contributed by atoms with Gasteiger partial charge in [0.2, 0.25) is 10.0 Å². The van der Waals surface area contributed by atoms with Gasteiger partial charge in [0, 0.05) is 33.3 Å². The molecule has 8 heteroatoms. The van der Waals surface area contributed by atoms with E-state index in [0.717, 1.165) is 5.56 Å². The van der Waals surface area contributed by atoms with Gasteiger partial charge >= 0.3 is 0 Å². The molecule has 0 radical (unpaired) electrons. The smallest absolute Gasteiger partial charge is 0.255 e. The largest absolute Gasteiger partial charge is 0.383 e. The van der Waals surface area contributed by atoms with E-state index in [4.69, 9.17) is 16.3 Å². The summed E-state index contributed by atoms with van der Waals surface area (Å²) in [7, 11) is -2.19. The molecule has 0 N–H and O–H groups in total. The Hall–Kier alpha value is -1.93. The minimum Gasteiger partial charge on any atom is -0.383 e. The summed E-state index contributed by atoms with van der Waals surface area (Å²) in [5.41, 5.74) is 2.37. The molecule has 0 saturated carbocycles. The first-order valence-corrected chi connectivity index (χ1v) is 12.2. The Bertz CT molecular complexity index is 1040. The van der Waals surface area contributed by atoms with E-state index in [-0.39, 0.29) is 27.3 Å². The summed E-state index contributed by atoms with van der Waals surface area (Å²) in [6, 6.07) is 12.2. The van der Waals surface area contributed by atoms with Crippen molar-refractivity contribution in [2.75, 3.05) is 33.4 Å². The Morgan fingerprint density at radius 1 is 1.19 bits per heavy atom. The van der Waals surface area contributed by atoms with E-state index in [2.05, 4.69) is 0 Å². The zero-order chi connectivity index (χ0) is 22.6. The molecule has 0 aromatic heterocycles. The number of methoxy groups -OCH3 is 1. The van der Waals surface area contributed by atoms with Crippen LogP contribution in [0.25, 0.3) is 0 Å². The molecule has 1 amide bonds. The van der Waals surface area contributed by atoms with Gasteiger partial charge in [-0.15, -0.1) is 0 Å². The first-order chi connectivity index (χ1) is 14.7. The number of ether oxygens (including phenoxy) is 1. The number of carbonyl (C=O) groups is 1. The Labute approximate surface area is 189 Å². The van der Waals surface area contributed by atoms with Crippen molar-refractivity contribution in [2.45, 2.75) is 31.7 Å². The maximum Gasteiger partial charge on any atom is 0.255 e. The number of halogens is 1. The Morgan fingerprint density at radius 3 is 2.58 bits per heavy atom. The quantitative estimate of drug-likeness (QED) is 0.595. The van der Waals surface area contributed by atoms with Gasteiger partial charge in [-0.3, -0.25) is 4.79 Å². The van der Waals surface area contributed by atoms with Gasteiger partial charge in [0.25, 0.3) is 5.91 Å². The van der Waals surface area contributed by atoms with E-state index in [9.17, 15) is 13.2 Å². The topological polar surface area (TPSA) is 66.9 Å². The second kappa shape index (κ2) is 10.1. The highest BCUT2D eigenvalue weighted by molar-refractivity contribution is 7.89. The Kier molecular flexibility index (Phi) is 7.75. The van der Waals surface area contributed by atoms with E-state index in [1.165, 1.54) is 28.1 Å². The van der Waals surface area contributed by atoms with E-state index in [1.54, 1.807) is 12.0 Å². The number of nitrogens with zero attached hydrogens (tertiary/aromatic N) is 2. The maximum atomic E-state index is 13.3. The molecule has 0 atom stereocenters. The first kappa shape index (κ1) is 23.7. The molecule has 1 aliphatic rings. The molecule has 2 aromatic rings. The molecule has 168 valence electrons. The number of rotatable bonds is 8. The molecular weight excluding hydrogens is 436 g/mol. The van der Waals surface area contributed by atoms with Gasteiger partial charge < -0.3 is 9.64 Å². The molecule has 0 bridgehead atoms. The summed E-state index contributed by atoms with van der Waals surface area (Å²) < 4.78 is 33.3. The predicted molar refractivity (Wildman–Crippen MR) is 122 cm³/mol. The van der Waals surface area contributed by atoms with Crippen LogP contribution >= 0.6 is 11.6 Å². The molecule has 6 nitrogen and oxygen atoms in total. The monoisotopic (exact) mass is 464 g/mol. The normalized spacial score (nSPS) is 14.5. The predicted octanol–water partition coefficient (Wildman–Crippen LogP) is 3.83. The highest BCUT2D eigenvalue weighted by Gasteiger charge is 2.30. The van der Waals surface area contributed by atoms with Crippen LogP contribution in [-0.2, 0) is 27.7 Å². The SMILES string of the molecule is COCCN(CC(C)C)C(=O)c1cc(S(=O)(=O)N2CCc3ccccc3C2)ccc1Cl. The van der Waals surface area contributed by atoms with Gasteiger partial charge in [-0.25, -0.2) is 8.42 Å². The summed E-state index contributed by atoms with van der Waals surface area (Å²) in [4.78, 5) is 14.9. The fourth-order valence-corrected chi connectivity index (χ4v) is 5.39. The zero-order valence-electron chi connectivity index (χ0n) is 18.2. The van der Waals surface area contributed by atoms with E-state index >= 15 is 0 Å². The molecule has 1 aliphatic heterocycles. The van der Waals surface area contributed by atoms with Crippen molar-refractivity contribution in [3.8, 4) is 0 Å². The lowest BCUT2D eigenvalue weighted by molar-refractivity contribution is 0.0672. The first-order valence-electron chi connectivity index (χ1n) is 10.4. The van der Waals surface area contributed by atoms with Crippen LogP contribution in [0.5, 0.6) is 0 Å². The van der Waals surface area contributed by atoms with Crippen LogP contribution in [0.3, 0.4) is 0 Å². The van der Waals surface area contributed by atoms with Crippen molar-refractivity contribution < 1.29 is 17.9 Å². The highest BCUT2D eigenvalue weighted by atomic mass is 35.5. The van der Waals surface area contributed by atoms with Gasteiger partial charge in [0.15, 0.2) is 0 Å². The van der Waals surface area contributed by atoms with Gasteiger partial charge in [-0.05, 0) is 41.7 Å². The summed E-state index contributed by atoms with van der Waals surface area (Å²) in [5, 5.41) is 0.235. The molecule has 3 rings (SSSR count). The lowest BCUT2D eigenvalue weighted by atomic mass is 10.0. The number of amides is 1. The van der Waals surface area contributed by atoms with Gasteiger partial charge in [-0.1, -0.05) is 49.7 Å². The lowest BCUT2D eigenvalue weighted by Crippen LogP contribution is -2.37. The average molecular weight is 465 g/mol. The number of carbonyl (C=O) groups excluding carboxylic acids is 1.